The van der Waals surface area contributed by atoms with E-state index in [4.69, 9.17) is 16.6 Å². The molecule has 0 unspecified atom stereocenters. The van der Waals surface area contributed by atoms with Gasteiger partial charge < -0.3 is 24.3 Å². The van der Waals surface area contributed by atoms with E-state index in [9.17, 15) is 5.11 Å². The number of hydrogen-bond acceptors (Lipinski definition) is 4. The zero-order chi connectivity index (χ0) is 18.6. The SMILES string of the molecule is OCCCN1C(=S)N[C@@H](c2ccccn2)[C@@H]1c1cccn1Cc1ccco1. The number of nitrogens with one attached hydrogen (secondary N) is 1. The Morgan fingerprint density at radius 1 is 1.19 bits per heavy atom. The Morgan fingerprint density at radius 3 is 2.85 bits per heavy atom. The summed E-state index contributed by atoms with van der Waals surface area (Å²) >= 11 is 5.62. The van der Waals surface area contributed by atoms with Gasteiger partial charge in [-0.15, -0.1) is 0 Å². The fraction of sp³-hybridized carbons (Fsp3) is 0.300. The summed E-state index contributed by atoms with van der Waals surface area (Å²) < 4.78 is 7.71. The number of hydrogen-bond donors (Lipinski definition) is 2. The molecule has 27 heavy (non-hydrogen) atoms. The number of pyridine rings is 1. The molecule has 1 aliphatic heterocycles. The average Bonchev–Trinajstić information content (AvgIpc) is 3.42. The predicted molar refractivity (Wildman–Crippen MR) is 106 cm³/mol. The van der Waals surface area contributed by atoms with Crippen LogP contribution >= 0.6 is 12.2 Å². The molecule has 0 aromatic carbocycles. The molecular weight excluding hydrogens is 360 g/mol. The van der Waals surface area contributed by atoms with E-state index in [1.807, 2.05) is 36.4 Å². The Morgan fingerprint density at radius 2 is 2.11 bits per heavy atom. The third-order valence-electron chi connectivity index (χ3n) is 4.83. The minimum atomic E-state index is -0.0531. The summed E-state index contributed by atoms with van der Waals surface area (Å²) in [5.41, 5.74) is 2.08. The number of aliphatic hydroxyl groups excluding tert-OH is 1. The van der Waals surface area contributed by atoms with E-state index in [1.54, 1.807) is 12.5 Å². The summed E-state index contributed by atoms with van der Waals surface area (Å²) in [4.78, 5) is 6.70. The number of furan rings is 1. The minimum absolute atomic E-state index is 0.0103. The third-order valence-corrected chi connectivity index (χ3v) is 5.18. The number of rotatable bonds is 7. The van der Waals surface area contributed by atoms with Gasteiger partial charge in [0.25, 0.3) is 0 Å². The lowest BCUT2D eigenvalue weighted by Gasteiger charge is -2.28. The summed E-state index contributed by atoms with van der Waals surface area (Å²) in [6.45, 7) is 1.47. The lowest BCUT2D eigenvalue weighted by molar-refractivity contribution is 0.243. The van der Waals surface area contributed by atoms with Gasteiger partial charge in [0, 0.05) is 31.2 Å². The van der Waals surface area contributed by atoms with Crippen LogP contribution in [0, 0.1) is 0 Å². The van der Waals surface area contributed by atoms with E-state index < -0.39 is 0 Å². The Balaban J connectivity index is 1.71. The number of thiocarbonyl (C=S) groups is 1. The molecular formula is C20H22N4O2S. The van der Waals surface area contributed by atoms with Crippen LogP contribution in [0.3, 0.4) is 0 Å². The monoisotopic (exact) mass is 382 g/mol. The molecule has 6 nitrogen and oxygen atoms in total. The Bertz CT molecular complexity index is 879. The highest BCUT2D eigenvalue weighted by molar-refractivity contribution is 7.80. The van der Waals surface area contributed by atoms with E-state index in [0.29, 0.717) is 24.6 Å². The van der Waals surface area contributed by atoms with Crippen molar-refractivity contribution < 1.29 is 9.52 Å². The van der Waals surface area contributed by atoms with Crippen LogP contribution in [-0.4, -0.2) is 37.8 Å². The first-order chi connectivity index (χ1) is 13.3. The first kappa shape index (κ1) is 17.8. The fourth-order valence-corrected chi connectivity index (χ4v) is 3.95. The second-order valence-electron chi connectivity index (χ2n) is 6.54. The smallest absolute Gasteiger partial charge is 0.170 e. The summed E-state index contributed by atoms with van der Waals surface area (Å²) in [5, 5.41) is 13.4. The molecule has 4 rings (SSSR count). The molecule has 0 aliphatic carbocycles. The Kier molecular flexibility index (Phi) is 5.22. The third kappa shape index (κ3) is 3.61. The van der Waals surface area contributed by atoms with Gasteiger partial charge in [-0.05, 0) is 55.0 Å². The quantitative estimate of drug-likeness (QED) is 0.613. The second-order valence-corrected chi connectivity index (χ2v) is 6.92. The molecule has 2 atom stereocenters. The van der Waals surface area contributed by atoms with E-state index >= 15 is 0 Å². The van der Waals surface area contributed by atoms with Crippen molar-refractivity contribution in [3.05, 3.63) is 78.3 Å². The molecule has 4 heterocycles. The highest BCUT2D eigenvalue weighted by Gasteiger charge is 2.40. The zero-order valence-corrected chi connectivity index (χ0v) is 15.7. The van der Waals surface area contributed by atoms with Gasteiger partial charge in [0.2, 0.25) is 0 Å². The number of nitrogens with zero attached hydrogens (tertiary/aromatic N) is 3. The molecule has 3 aromatic heterocycles. The molecule has 3 aromatic rings. The fourth-order valence-electron chi connectivity index (χ4n) is 3.62. The number of aliphatic hydroxyl groups is 1. The first-order valence-corrected chi connectivity index (χ1v) is 9.45. The maximum absolute atomic E-state index is 9.32. The maximum atomic E-state index is 9.32. The van der Waals surface area contributed by atoms with Crippen LogP contribution in [0.25, 0.3) is 0 Å². The van der Waals surface area contributed by atoms with E-state index in [0.717, 1.165) is 17.1 Å². The van der Waals surface area contributed by atoms with Crippen molar-refractivity contribution in [2.45, 2.75) is 25.0 Å². The summed E-state index contributed by atoms with van der Waals surface area (Å²) in [5.74, 6) is 0.900. The molecule has 0 amide bonds. The highest BCUT2D eigenvalue weighted by Crippen LogP contribution is 2.38. The molecule has 140 valence electrons. The standard InChI is InChI=1S/C20H22N4O2S/c25-12-5-11-24-19(18(22-20(24)27)16-7-1-2-9-21-16)17-8-3-10-23(17)14-15-6-4-13-26-15/h1-4,6-10,13,18-19,25H,5,11-12,14H2,(H,22,27)/t18-,19-/m0/s1. The van der Waals surface area contributed by atoms with Crippen molar-refractivity contribution in [1.29, 1.82) is 0 Å². The molecule has 0 radical (unpaired) electrons. The molecule has 2 N–H and O–H groups in total. The van der Waals surface area contributed by atoms with Crippen LogP contribution in [0.15, 0.2) is 65.5 Å². The lowest BCUT2D eigenvalue weighted by Crippen LogP contribution is -2.32. The van der Waals surface area contributed by atoms with Crippen LogP contribution < -0.4 is 5.32 Å². The van der Waals surface area contributed by atoms with Crippen LogP contribution in [0.2, 0.25) is 0 Å². The molecule has 7 heteroatoms. The van der Waals surface area contributed by atoms with Gasteiger partial charge in [0.05, 0.1) is 30.6 Å². The van der Waals surface area contributed by atoms with Gasteiger partial charge >= 0.3 is 0 Å². The van der Waals surface area contributed by atoms with Gasteiger partial charge in [-0.1, -0.05) is 6.07 Å². The predicted octanol–water partition coefficient (Wildman–Crippen LogP) is 2.88. The molecule has 1 saturated heterocycles. The Hall–Kier alpha value is -2.64. The van der Waals surface area contributed by atoms with Crippen LogP contribution in [0.5, 0.6) is 0 Å². The second kappa shape index (κ2) is 7.94. The topological polar surface area (TPSA) is 66.5 Å². The van der Waals surface area contributed by atoms with Crippen LogP contribution in [-0.2, 0) is 6.54 Å². The summed E-state index contributed by atoms with van der Waals surface area (Å²) in [7, 11) is 0. The molecule has 0 bridgehead atoms. The zero-order valence-electron chi connectivity index (χ0n) is 14.9. The van der Waals surface area contributed by atoms with Crippen molar-refractivity contribution in [2.75, 3.05) is 13.2 Å². The number of aromatic nitrogens is 2. The maximum Gasteiger partial charge on any atom is 0.170 e. The van der Waals surface area contributed by atoms with E-state index in [-0.39, 0.29) is 18.7 Å². The largest absolute Gasteiger partial charge is 0.467 e. The molecule has 0 saturated carbocycles. The van der Waals surface area contributed by atoms with Crippen molar-refractivity contribution in [1.82, 2.24) is 19.8 Å². The van der Waals surface area contributed by atoms with Gasteiger partial charge in [-0.25, -0.2) is 0 Å². The first-order valence-electron chi connectivity index (χ1n) is 9.04. The minimum Gasteiger partial charge on any atom is -0.467 e. The normalized spacial score (nSPS) is 19.4. The molecule has 1 aliphatic rings. The van der Waals surface area contributed by atoms with Gasteiger partial charge in [-0.3, -0.25) is 4.98 Å². The van der Waals surface area contributed by atoms with Crippen molar-refractivity contribution in [2.24, 2.45) is 0 Å². The lowest BCUT2D eigenvalue weighted by atomic mass is 10.0. The molecule has 0 spiro atoms. The highest BCUT2D eigenvalue weighted by atomic mass is 32.1. The van der Waals surface area contributed by atoms with Gasteiger partial charge in [0.15, 0.2) is 5.11 Å². The van der Waals surface area contributed by atoms with Crippen LogP contribution in [0.4, 0.5) is 0 Å². The van der Waals surface area contributed by atoms with E-state index in [2.05, 4.69) is 32.0 Å². The molecule has 1 fully saturated rings. The van der Waals surface area contributed by atoms with Crippen LogP contribution in [0.1, 0.15) is 35.7 Å². The van der Waals surface area contributed by atoms with Crippen molar-refractivity contribution in [3.63, 3.8) is 0 Å². The summed E-state index contributed by atoms with van der Waals surface area (Å²) in [6, 6.07) is 13.9. The van der Waals surface area contributed by atoms with Crippen molar-refractivity contribution in [3.8, 4) is 0 Å². The average molecular weight is 382 g/mol. The summed E-state index contributed by atoms with van der Waals surface area (Å²) in [6.07, 6.45) is 6.20. The van der Waals surface area contributed by atoms with Gasteiger partial charge in [-0.2, -0.15) is 0 Å². The Labute approximate surface area is 163 Å². The van der Waals surface area contributed by atoms with Crippen molar-refractivity contribution >= 4 is 17.3 Å². The van der Waals surface area contributed by atoms with Gasteiger partial charge in [0.1, 0.15) is 5.76 Å². The van der Waals surface area contributed by atoms with E-state index in [1.165, 1.54) is 0 Å².